The minimum Gasteiger partial charge on any atom is -0.299 e. The first-order valence-electron chi connectivity index (χ1n) is 5.46. The first-order valence-corrected chi connectivity index (χ1v) is 5.46. The molecule has 0 radical (unpaired) electrons. The van der Waals surface area contributed by atoms with Gasteiger partial charge < -0.3 is 0 Å². The highest BCUT2D eigenvalue weighted by Gasteiger charge is 2.51. The van der Waals surface area contributed by atoms with E-state index in [2.05, 4.69) is 24.3 Å². The third-order valence-corrected chi connectivity index (χ3v) is 3.81. The molecule has 14 heavy (non-hydrogen) atoms. The van der Waals surface area contributed by atoms with Crippen molar-refractivity contribution in [2.45, 2.75) is 25.2 Å². The van der Waals surface area contributed by atoms with Gasteiger partial charge in [0.2, 0.25) is 0 Å². The van der Waals surface area contributed by atoms with Crippen molar-refractivity contribution in [3.63, 3.8) is 0 Å². The number of Topliss-reactive ketones (excluding diaryl/α,β-unsaturated/α-hetero) is 1. The summed E-state index contributed by atoms with van der Waals surface area (Å²) in [6, 6.07) is 10.5. The number of rotatable bonds is 1. The van der Waals surface area contributed by atoms with E-state index < -0.39 is 0 Å². The van der Waals surface area contributed by atoms with Crippen LogP contribution in [-0.4, -0.2) is 5.78 Å². The number of carbonyl (C=O) groups is 1. The largest absolute Gasteiger partial charge is 0.299 e. The lowest BCUT2D eigenvalue weighted by Gasteiger charge is -2.47. The van der Waals surface area contributed by atoms with Crippen LogP contribution >= 0.6 is 0 Å². The fourth-order valence-electron chi connectivity index (χ4n) is 3.13. The Bertz CT molecular complexity index is 341. The first-order chi connectivity index (χ1) is 6.88. The molecule has 2 saturated carbocycles. The molecule has 0 aromatic heterocycles. The summed E-state index contributed by atoms with van der Waals surface area (Å²) in [5.41, 5.74) is 1.38. The molecule has 1 nitrogen and oxygen atoms in total. The fraction of sp³-hybridized carbons (Fsp3) is 0.462. The quantitative estimate of drug-likeness (QED) is 0.659. The molecule has 2 bridgehead atoms. The highest BCUT2D eigenvalue weighted by atomic mass is 16.1. The Morgan fingerprint density at radius 2 is 1.64 bits per heavy atom. The molecule has 0 saturated heterocycles. The van der Waals surface area contributed by atoms with Crippen molar-refractivity contribution in [2.75, 3.05) is 0 Å². The third-order valence-electron chi connectivity index (χ3n) is 3.81. The molecule has 2 aliphatic rings. The van der Waals surface area contributed by atoms with Gasteiger partial charge in [-0.1, -0.05) is 36.8 Å². The second-order valence-corrected chi connectivity index (χ2v) is 4.48. The highest BCUT2D eigenvalue weighted by molar-refractivity contribution is 5.92. The Hall–Kier alpha value is -1.11. The van der Waals surface area contributed by atoms with Crippen LogP contribution in [0.15, 0.2) is 30.3 Å². The van der Waals surface area contributed by atoms with E-state index in [0.717, 1.165) is 12.8 Å². The van der Waals surface area contributed by atoms with Gasteiger partial charge in [0.15, 0.2) is 0 Å². The van der Waals surface area contributed by atoms with E-state index in [1.165, 1.54) is 12.0 Å². The number of fused-ring (bicyclic) bond motifs is 2. The summed E-state index contributed by atoms with van der Waals surface area (Å²) < 4.78 is 0. The molecule has 0 spiro atoms. The van der Waals surface area contributed by atoms with Crippen LogP contribution in [0.3, 0.4) is 0 Å². The smallest absolute Gasteiger partial charge is 0.140 e. The molecule has 1 aromatic rings. The van der Waals surface area contributed by atoms with Crippen LogP contribution < -0.4 is 0 Å². The highest BCUT2D eigenvalue weighted by Crippen LogP contribution is 2.53. The molecule has 3 atom stereocenters. The number of hydrogen-bond donors (Lipinski definition) is 0. The van der Waals surface area contributed by atoms with Crippen LogP contribution in [0.2, 0.25) is 0 Å². The fourth-order valence-corrected chi connectivity index (χ4v) is 3.13. The molecular formula is C13H14O. The van der Waals surface area contributed by atoms with E-state index >= 15 is 0 Å². The maximum absolute atomic E-state index is 11.6. The molecule has 72 valence electrons. The summed E-state index contributed by atoms with van der Waals surface area (Å²) in [7, 11) is 0. The minimum absolute atomic E-state index is 0.358. The average Bonchev–Trinajstić information content (AvgIpc) is 2.29. The SMILES string of the molecule is O=C1[C@H]2CCC[C@@H]1C2c1ccccc1. The van der Waals surface area contributed by atoms with Gasteiger partial charge in [-0.15, -0.1) is 0 Å². The van der Waals surface area contributed by atoms with Gasteiger partial charge in [0.1, 0.15) is 5.78 Å². The summed E-state index contributed by atoms with van der Waals surface area (Å²) in [5, 5.41) is 0. The molecule has 1 aromatic carbocycles. The Balaban J connectivity index is 1.92. The molecule has 0 aliphatic heterocycles. The van der Waals surface area contributed by atoms with Gasteiger partial charge in [0.05, 0.1) is 0 Å². The van der Waals surface area contributed by atoms with Gasteiger partial charge >= 0.3 is 0 Å². The number of benzene rings is 1. The molecule has 2 aliphatic carbocycles. The van der Waals surface area contributed by atoms with Crippen LogP contribution in [0.4, 0.5) is 0 Å². The average molecular weight is 186 g/mol. The summed E-state index contributed by atoms with van der Waals surface area (Å²) in [5.74, 6) is 1.80. The Morgan fingerprint density at radius 3 is 2.21 bits per heavy atom. The summed E-state index contributed by atoms with van der Waals surface area (Å²) >= 11 is 0. The monoisotopic (exact) mass is 186 g/mol. The zero-order chi connectivity index (χ0) is 9.54. The van der Waals surface area contributed by atoms with Gasteiger partial charge in [0, 0.05) is 17.8 Å². The van der Waals surface area contributed by atoms with Crippen molar-refractivity contribution in [2.24, 2.45) is 11.8 Å². The van der Waals surface area contributed by atoms with E-state index in [0.29, 0.717) is 23.5 Å². The van der Waals surface area contributed by atoms with E-state index in [1.54, 1.807) is 0 Å². The van der Waals surface area contributed by atoms with Crippen molar-refractivity contribution in [1.82, 2.24) is 0 Å². The van der Waals surface area contributed by atoms with Crippen LogP contribution in [-0.2, 0) is 4.79 Å². The Kier molecular flexibility index (Phi) is 1.73. The van der Waals surface area contributed by atoms with Crippen LogP contribution in [0.5, 0.6) is 0 Å². The molecule has 1 heteroatoms. The topological polar surface area (TPSA) is 17.1 Å². The molecule has 1 unspecified atom stereocenters. The lowest BCUT2D eigenvalue weighted by Crippen LogP contribution is -2.48. The van der Waals surface area contributed by atoms with Crippen LogP contribution in [0, 0.1) is 11.8 Å². The second kappa shape index (κ2) is 2.94. The standard InChI is InChI=1S/C13H14O/c14-13-10-7-4-8-11(13)12(10)9-5-2-1-3-6-9/h1-3,5-6,10-12H,4,7-8H2/t10-,11+,12?. The van der Waals surface area contributed by atoms with E-state index in [4.69, 9.17) is 0 Å². The summed E-state index contributed by atoms with van der Waals surface area (Å²) in [4.78, 5) is 11.6. The minimum atomic E-state index is 0.358. The Labute approximate surface area is 84.1 Å². The second-order valence-electron chi connectivity index (χ2n) is 4.48. The van der Waals surface area contributed by atoms with Crippen molar-refractivity contribution in [3.8, 4) is 0 Å². The lowest BCUT2D eigenvalue weighted by atomic mass is 9.54. The third kappa shape index (κ3) is 0.985. The lowest BCUT2D eigenvalue weighted by molar-refractivity contribution is -0.142. The maximum Gasteiger partial charge on any atom is 0.140 e. The van der Waals surface area contributed by atoms with Gasteiger partial charge in [-0.25, -0.2) is 0 Å². The number of ketones is 1. The summed E-state index contributed by atoms with van der Waals surface area (Å²) in [6.45, 7) is 0. The number of hydrogen-bond acceptors (Lipinski definition) is 1. The van der Waals surface area contributed by atoms with Gasteiger partial charge in [-0.05, 0) is 18.4 Å². The van der Waals surface area contributed by atoms with Crippen LogP contribution in [0.1, 0.15) is 30.7 Å². The normalized spacial score (nSPS) is 35.1. The van der Waals surface area contributed by atoms with Gasteiger partial charge in [-0.2, -0.15) is 0 Å². The van der Waals surface area contributed by atoms with E-state index in [1.807, 2.05) is 6.07 Å². The molecular weight excluding hydrogens is 172 g/mol. The molecule has 0 heterocycles. The van der Waals surface area contributed by atoms with E-state index in [9.17, 15) is 4.79 Å². The van der Waals surface area contributed by atoms with E-state index in [-0.39, 0.29) is 0 Å². The van der Waals surface area contributed by atoms with Crippen molar-refractivity contribution in [1.29, 1.82) is 0 Å². The van der Waals surface area contributed by atoms with Crippen molar-refractivity contribution < 1.29 is 4.79 Å². The van der Waals surface area contributed by atoms with Gasteiger partial charge in [0.25, 0.3) is 0 Å². The first kappa shape index (κ1) is 8.22. The van der Waals surface area contributed by atoms with Crippen molar-refractivity contribution >= 4 is 5.78 Å². The molecule has 2 fully saturated rings. The molecule has 0 amide bonds. The van der Waals surface area contributed by atoms with Crippen LogP contribution in [0.25, 0.3) is 0 Å². The van der Waals surface area contributed by atoms with Crippen molar-refractivity contribution in [3.05, 3.63) is 35.9 Å². The zero-order valence-corrected chi connectivity index (χ0v) is 8.15. The Morgan fingerprint density at radius 1 is 1.00 bits per heavy atom. The predicted octanol–water partition coefficient (Wildman–Crippen LogP) is 2.77. The zero-order valence-electron chi connectivity index (χ0n) is 8.15. The number of carbonyl (C=O) groups excluding carboxylic acids is 1. The maximum atomic E-state index is 11.6. The van der Waals surface area contributed by atoms with Gasteiger partial charge in [-0.3, -0.25) is 4.79 Å². The molecule has 3 rings (SSSR count). The predicted molar refractivity (Wildman–Crippen MR) is 55.0 cm³/mol. The summed E-state index contributed by atoms with van der Waals surface area (Å²) in [6.07, 6.45) is 3.49. The molecule has 0 N–H and O–H groups in total.